The maximum absolute atomic E-state index is 12.5. The summed E-state index contributed by atoms with van der Waals surface area (Å²) in [4.78, 5) is 31.2. The Morgan fingerprint density at radius 2 is 1.83 bits per heavy atom. The van der Waals surface area contributed by atoms with Gasteiger partial charge in [0.25, 0.3) is 0 Å². The third kappa shape index (κ3) is 4.76. The van der Waals surface area contributed by atoms with Crippen LogP contribution in [0.2, 0.25) is 0 Å². The Bertz CT molecular complexity index is 1010. The van der Waals surface area contributed by atoms with Crippen LogP contribution in [0.25, 0.3) is 5.65 Å². The molecule has 2 aromatic heterocycles. The van der Waals surface area contributed by atoms with E-state index in [1.807, 2.05) is 59.3 Å². The zero-order chi connectivity index (χ0) is 20.2. The number of rotatable bonds is 4. The predicted molar refractivity (Wildman–Crippen MR) is 114 cm³/mol. The van der Waals surface area contributed by atoms with Gasteiger partial charge >= 0.3 is 6.03 Å². The molecule has 1 aromatic carbocycles. The highest BCUT2D eigenvalue weighted by Gasteiger charge is 2.27. The van der Waals surface area contributed by atoms with E-state index in [1.165, 1.54) is 0 Å². The average molecular weight is 456 g/mol. The lowest BCUT2D eigenvalue weighted by Gasteiger charge is -2.31. The van der Waals surface area contributed by atoms with Crippen molar-refractivity contribution in [3.63, 3.8) is 0 Å². The van der Waals surface area contributed by atoms with Crippen LogP contribution in [0.3, 0.4) is 0 Å². The number of halogens is 1. The molecule has 8 heteroatoms. The summed E-state index contributed by atoms with van der Waals surface area (Å²) in [5.41, 5.74) is 2.43. The standard InChI is InChI=1S/C21H22BrN5O2/c22-16-6-7-19-24-18(14-27(19)13-16)12-23-20(28)15-8-10-26(11-9-15)21(29)25-17-4-2-1-3-5-17/h1-7,13-15H,8-12H2,(H,23,28)(H,25,29). The Morgan fingerprint density at radius 1 is 1.07 bits per heavy atom. The fraction of sp³-hybridized carbons (Fsp3) is 0.286. The number of amides is 3. The number of likely N-dealkylation sites (tertiary alicyclic amines) is 1. The lowest BCUT2D eigenvalue weighted by Crippen LogP contribution is -2.44. The molecule has 3 heterocycles. The van der Waals surface area contributed by atoms with E-state index in [1.54, 1.807) is 4.90 Å². The Labute approximate surface area is 177 Å². The summed E-state index contributed by atoms with van der Waals surface area (Å²) >= 11 is 3.44. The molecule has 0 saturated carbocycles. The molecule has 1 fully saturated rings. The van der Waals surface area contributed by atoms with Crippen LogP contribution in [0.5, 0.6) is 0 Å². The summed E-state index contributed by atoms with van der Waals surface area (Å²) in [5.74, 6) is -0.0618. The number of urea groups is 1. The van der Waals surface area contributed by atoms with Crippen LogP contribution >= 0.6 is 15.9 Å². The Balaban J connectivity index is 1.25. The SMILES string of the molecule is O=C(NCc1cn2cc(Br)ccc2n1)C1CCN(C(=O)Nc2ccccc2)CC1. The van der Waals surface area contributed by atoms with Gasteiger partial charge in [0.2, 0.25) is 5.91 Å². The number of carbonyl (C=O) groups excluding carboxylic acids is 2. The number of nitrogens with zero attached hydrogens (tertiary/aromatic N) is 3. The first-order valence-corrected chi connectivity index (χ1v) is 10.4. The number of fused-ring (bicyclic) bond motifs is 1. The molecule has 0 radical (unpaired) electrons. The Hall–Kier alpha value is -2.87. The highest BCUT2D eigenvalue weighted by atomic mass is 79.9. The van der Waals surface area contributed by atoms with E-state index in [4.69, 9.17) is 0 Å². The Morgan fingerprint density at radius 3 is 2.59 bits per heavy atom. The van der Waals surface area contributed by atoms with Gasteiger partial charge in [-0.2, -0.15) is 0 Å². The van der Waals surface area contributed by atoms with E-state index in [-0.39, 0.29) is 17.9 Å². The first kappa shape index (κ1) is 19.4. The lowest BCUT2D eigenvalue weighted by atomic mass is 9.96. The van der Waals surface area contributed by atoms with E-state index in [9.17, 15) is 9.59 Å². The van der Waals surface area contributed by atoms with Gasteiger partial charge in [-0.1, -0.05) is 18.2 Å². The molecule has 3 aromatic rings. The number of imidazole rings is 1. The molecule has 0 aliphatic carbocycles. The fourth-order valence-corrected chi connectivity index (χ4v) is 3.85. The van der Waals surface area contributed by atoms with Crippen molar-refractivity contribution in [2.24, 2.45) is 5.92 Å². The van der Waals surface area contributed by atoms with Crippen LogP contribution in [0, 0.1) is 5.92 Å². The number of piperidine rings is 1. The molecule has 0 unspecified atom stereocenters. The molecular formula is C21H22BrN5O2. The van der Waals surface area contributed by atoms with Crippen molar-refractivity contribution in [3.05, 3.63) is 65.0 Å². The molecule has 0 bridgehead atoms. The van der Waals surface area contributed by atoms with Crippen molar-refractivity contribution in [1.29, 1.82) is 0 Å². The van der Waals surface area contributed by atoms with Crippen molar-refractivity contribution >= 4 is 39.2 Å². The van der Waals surface area contributed by atoms with E-state index >= 15 is 0 Å². The van der Waals surface area contributed by atoms with Crippen molar-refractivity contribution in [2.45, 2.75) is 19.4 Å². The highest BCUT2D eigenvalue weighted by molar-refractivity contribution is 9.10. The second-order valence-corrected chi connectivity index (χ2v) is 8.04. The maximum atomic E-state index is 12.5. The molecule has 1 aliphatic heterocycles. The van der Waals surface area contributed by atoms with Crippen molar-refractivity contribution < 1.29 is 9.59 Å². The summed E-state index contributed by atoms with van der Waals surface area (Å²) in [6.45, 7) is 1.53. The van der Waals surface area contributed by atoms with Gasteiger partial charge in [0, 0.05) is 41.6 Å². The molecular weight excluding hydrogens is 434 g/mol. The van der Waals surface area contributed by atoms with E-state index < -0.39 is 0 Å². The fourth-order valence-electron chi connectivity index (χ4n) is 3.49. The highest BCUT2D eigenvalue weighted by Crippen LogP contribution is 2.19. The van der Waals surface area contributed by atoms with Gasteiger partial charge in [0.05, 0.1) is 12.2 Å². The second kappa shape index (κ2) is 8.65. The quantitative estimate of drug-likeness (QED) is 0.629. The van der Waals surface area contributed by atoms with Crippen molar-refractivity contribution in [3.8, 4) is 0 Å². The third-order valence-electron chi connectivity index (χ3n) is 5.09. The minimum atomic E-state index is -0.120. The average Bonchev–Trinajstić information content (AvgIpc) is 3.15. The summed E-state index contributed by atoms with van der Waals surface area (Å²) < 4.78 is 2.90. The largest absolute Gasteiger partial charge is 0.350 e. The van der Waals surface area contributed by atoms with Crippen molar-refractivity contribution in [1.82, 2.24) is 19.6 Å². The van der Waals surface area contributed by atoms with Crippen LogP contribution in [0.1, 0.15) is 18.5 Å². The van der Waals surface area contributed by atoms with Crippen LogP contribution in [0.4, 0.5) is 10.5 Å². The number of benzene rings is 1. The van der Waals surface area contributed by atoms with Gasteiger partial charge in [-0.25, -0.2) is 9.78 Å². The van der Waals surface area contributed by atoms with Gasteiger partial charge in [-0.05, 0) is 53.0 Å². The van der Waals surface area contributed by atoms with Gasteiger partial charge in [-0.3, -0.25) is 4.79 Å². The number of aromatic nitrogens is 2. The number of anilines is 1. The molecule has 0 spiro atoms. The smallest absolute Gasteiger partial charge is 0.321 e. The van der Waals surface area contributed by atoms with E-state index in [0.717, 1.165) is 21.5 Å². The number of nitrogens with one attached hydrogen (secondary N) is 2. The number of carbonyl (C=O) groups is 2. The summed E-state index contributed by atoms with van der Waals surface area (Å²) in [6, 6.07) is 13.1. The molecule has 2 N–H and O–H groups in total. The minimum absolute atomic E-state index is 0.0198. The molecule has 1 aliphatic rings. The van der Waals surface area contributed by atoms with Crippen LogP contribution < -0.4 is 10.6 Å². The van der Waals surface area contributed by atoms with Crippen molar-refractivity contribution in [2.75, 3.05) is 18.4 Å². The maximum Gasteiger partial charge on any atom is 0.321 e. The second-order valence-electron chi connectivity index (χ2n) is 7.12. The third-order valence-corrected chi connectivity index (χ3v) is 5.56. The van der Waals surface area contributed by atoms with Crippen LogP contribution in [-0.2, 0) is 11.3 Å². The number of pyridine rings is 1. The zero-order valence-corrected chi connectivity index (χ0v) is 17.4. The number of para-hydroxylation sites is 1. The van der Waals surface area contributed by atoms with Crippen LogP contribution in [-0.4, -0.2) is 39.3 Å². The summed E-state index contributed by atoms with van der Waals surface area (Å²) in [7, 11) is 0. The van der Waals surface area contributed by atoms with Crippen LogP contribution in [0.15, 0.2) is 59.3 Å². The molecule has 29 heavy (non-hydrogen) atoms. The Kier molecular flexibility index (Phi) is 5.80. The summed E-state index contributed by atoms with van der Waals surface area (Å²) in [6.07, 6.45) is 5.17. The minimum Gasteiger partial charge on any atom is -0.350 e. The summed E-state index contributed by atoms with van der Waals surface area (Å²) in [5, 5.41) is 5.87. The first-order chi connectivity index (χ1) is 14.1. The molecule has 4 rings (SSSR count). The van der Waals surface area contributed by atoms with E-state index in [0.29, 0.717) is 32.5 Å². The zero-order valence-electron chi connectivity index (χ0n) is 15.8. The van der Waals surface area contributed by atoms with Gasteiger partial charge in [0.1, 0.15) is 5.65 Å². The normalized spacial score (nSPS) is 14.7. The topological polar surface area (TPSA) is 78.7 Å². The molecule has 1 saturated heterocycles. The molecule has 0 atom stereocenters. The monoisotopic (exact) mass is 455 g/mol. The molecule has 3 amide bonds. The van der Waals surface area contributed by atoms with Gasteiger partial charge < -0.3 is 19.9 Å². The molecule has 7 nitrogen and oxygen atoms in total. The predicted octanol–water partition coefficient (Wildman–Crippen LogP) is 3.66. The van der Waals surface area contributed by atoms with E-state index in [2.05, 4.69) is 31.5 Å². The number of hydrogen-bond donors (Lipinski definition) is 2. The number of hydrogen-bond acceptors (Lipinski definition) is 3. The first-order valence-electron chi connectivity index (χ1n) is 9.60. The molecule has 150 valence electrons. The van der Waals surface area contributed by atoms with Gasteiger partial charge in [-0.15, -0.1) is 0 Å². The lowest BCUT2D eigenvalue weighted by molar-refractivity contribution is -0.126. The van der Waals surface area contributed by atoms with Gasteiger partial charge in [0.15, 0.2) is 0 Å².